The van der Waals surface area contributed by atoms with Crippen LogP contribution in [0.4, 0.5) is 14.9 Å². The molecule has 76 valence electrons. The van der Waals surface area contributed by atoms with Crippen LogP contribution >= 0.6 is 0 Å². The summed E-state index contributed by atoms with van der Waals surface area (Å²) in [5.41, 5.74) is 0.300. The van der Waals surface area contributed by atoms with E-state index >= 15 is 0 Å². The van der Waals surface area contributed by atoms with E-state index in [-0.39, 0.29) is 0 Å². The summed E-state index contributed by atoms with van der Waals surface area (Å²) >= 11 is -2.66. The molecule has 1 aromatic carbocycles. The van der Waals surface area contributed by atoms with Crippen molar-refractivity contribution >= 4 is 23.0 Å². The maximum absolute atomic E-state index is 12.4. The minimum absolute atomic E-state index is 0.300. The Hall–Kier alpha value is -1.47. The van der Waals surface area contributed by atoms with E-state index < -0.39 is 23.1 Å². The van der Waals surface area contributed by atoms with Crippen LogP contribution in [0, 0.1) is 5.82 Å². The number of amides is 2. The van der Waals surface area contributed by atoms with Gasteiger partial charge in [-0.05, 0) is 24.3 Å². The lowest BCUT2D eigenvalue weighted by Crippen LogP contribution is -2.30. The minimum Gasteiger partial charge on any atom is -0.755 e. The molecule has 0 aliphatic carbocycles. The quantitative estimate of drug-likeness (QED) is 0.717. The molecule has 0 heterocycles. The Balaban J connectivity index is 2.56. The third-order valence-electron chi connectivity index (χ3n) is 1.28. The summed E-state index contributed by atoms with van der Waals surface area (Å²) in [7, 11) is 0. The van der Waals surface area contributed by atoms with E-state index in [2.05, 4.69) is 5.32 Å². The Morgan fingerprint density at radius 2 is 1.93 bits per heavy atom. The highest BCUT2D eigenvalue weighted by Gasteiger charge is 2.00. The first kappa shape index (κ1) is 10.6. The number of benzene rings is 1. The largest absolute Gasteiger partial charge is 0.755 e. The van der Waals surface area contributed by atoms with Crippen LogP contribution in [0.15, 0.2) is 24.3 Å². The molecule has 0 bridgehead atoms. The number of hydrogen-bond acceptors (Lipinski definition) is 3. The normalized spacial score (nSPS) is 11.9. The van der Waals surface area contributed by atoms with Gasteiger partial charge < -0.3 is 9.87 Å². The van der Waals surface area contributed by atoms with Crippen molar-refractivity contribution in [2.75, 3.05) is 5.32 Å². The van der Waals surface area contributed by atoms with Gasteiger partial charge in [0, 0.05) is 17.0 Å². The smallest absolute Gasteiger partial charge is 0.330 e. The van der Waals surface area contributed by atoms with Gasteiger partial charge in [0.25, 0.3) is 0 Å². The van der Waals surface area contributed by atoms with E-state index in [9.17, 15) is 17.9 Å². The van der Waals surface area contributed by atoms with Crippen LogP contribution in [0.5, 0.6) is 0 Å². The molecule has 1 aromatic rings. The van der Waals surface area contributed by atoms with Gasteiger partial charge in [-0.25, -0.2) is 9.18 Å². The van der Waals surface area contributed by atoms with Crippen LogP contribution in [0.2, 0.25) is 0 Å². The van der Waals surface area contributed by atoms with E-state index in [4.69, 9.17) is 0 Å². The van der Waals surface area contributed by atoms with Crippen molar-refractivity contribution < 1.29 is 17.9 Å². The van der Waals surface area contributed by atoms with E-state index in [0.717, 1.165) is 12.1 Å². The Morgan fingerprint density at radius 1 is 1.36 bits per heavy atom. The van der Waals surface area contributed by atoms with Crippen molar-refractivity contribution in [2.45, 2.75) is 0 Å². The number of urea groups is 1. The third kappa shape index (κ3) is 3.50. The Morgan fingerprint density at radius 3 is 2.43 bits per heavy atom. The van der Waals surface area contributed by atoms with Gasteiger partial charge >= 0.3 is 6.03 Å². The highest BCUT2D eigenvalue weighted by molar-refractivity contribution is 7.77. The monoisotopic (exact) mass is 217 g/mol. The second-order valence-electron chi connectivity index (χ2n) is 2.30. The molecule has 0 aliphatic heterocycles. The fraction of sp³-hybridized carbons (Fsp3) is 0. The maximum Gasteiger partial charge on any atom is 0.330 e. The Labute approximate surface area is 81.7 Å². The molecular weight excluding hydrogens is 211 g/mol. The summed E-state index contributed by atoms with van der Waals surface area (Å²) in [6, 6.07) is 4.00. The summed E-state index contributed by atoms with van der Waals surface area (Å²) in [5, 5.41) is 2.19. The van der Waals surface area contributed by atoms with Crippen LogP contribution < -0.4 is 10.0 Å². The maximum atomic E-state index is 12.4. The van der Waals surface area contributed by atoms with E-state index in [1.807, 2.05) is 0 Å². The lowest BCUT2D eigenvalue weighted by Gasteiger charge is -2.08. The molecule has 0 spiro atoms. The van der Waals surface area contributed by atoms with Crippen molar-refractivity contribution in [3.8, 4) is 0 Å². The van der Waals surface area contributed by atoms with Crippen LogP contribution in [-0.4, -0.2) is 14.8 Å². The van der Waals surface area contributed by atoms with Gasteiger partial charge in [0.1, 0.15) is 5.82 Å². The number of carbonyl (C=O) groups is 1. The molecule has 0 fully saturated rings. The zero-order valence-electron chi connectivity index (χ0n) is 6.82. The van der Waals surface area contributed by atoms with Crippen LogP contribution in [0.1, 0.15) is 0 Å². The number of carbonyl (C=O) groups excluding carboxylic acids is 1. The molecule has 0 radical (unpaired) electrons. The molecule has 0 aliphatic rings. The lowest BCUT2D eigenvalue weighted by atomic mass is 10.3. The predicted molar refractivity (Wildman–Crippen MR) is 47.5 cm³/mol. The van der Waals surface area contributed by atoms with Gasteiger partial charge in [0.15, 0.2) is 0 Å². The van der Waals surface area contributed by atoms with Gasteiger partial charge in [-0.15, -0.1) is 0 Å². The first-order chi connectivity index (χ1) is 6.58. The fourth-order valence-corrected chi connectivity index (χ4v) is 0.968. The molecule has 7 heteroatoms. The molecule has 14 heavy (non-hydrogen) atoms. The van der Waals surface area contributed by atoms with Crippen molar-refractivity contribution in [3.05, 3.63) is 30.1 Å². The van der Waals surface area contributed by atoms with Crippen LogP contribution in [-0.2, 0) is 11.3 Å². The van der Waals surface area contributed by atoms with E-state index in [0.29, 0.717) is 5.69 Å². The van der Waals surface area contributed by atoms with Crippen molar-refractivity contribution in [1.82, 2.24) is 4.72 Å². The topological polar surface area (TPSA) is 81.3 Å². The molecule has 2 N–H and O–H groups in total. The fourth-order valence-electron chi connectivity index (χ4n) is 0.766. The SMILES string of the molecule is O=C(Nc1ccc(F)cc1)NS(=O)[O-]. The average molecular weight is 217 g/mol. The number of rotatable bonds is 2. The Bertz CT molecular complexity index is 354. The second kappa shape index (κ2) is 4.68. The third-order valence-corrected chi connectivity index (χ3v) is 1.63. The number of nitrogens with one attached hydrogen (secondary N) is 2. The molecule has 5 nitrogen and oxygen atoms in total. The van der Waals surface area contributed by atoms with Gasteiger partial charge in [-0.2, -0.15) is 0 Å². The summed E-state index contributed by atoms with van der Waals surface area (Å²) in [4.78, 5) is 10.8. The first-order valence-electron chi connectivity index (χ1n) is 3.50. The molecule has 0 saturated heterocycles. The molecular formula is C7H6FN2O3S-. The van der Waals surface area contributed by atoms with Crippen molar-refractivity contribution in [1.29, 1.82) is 0 Å². The number of anilines is 1. The van der Waals surface area contributed by atoms with Crippen LogP contribution in [0.25, 0.3) is 0 Å². The van der Waals surface area contributed by atoms with Gasteiger partial charge in [-0.3, -0.25) is 8.93 Å². The number of hydrogen-bond donors (Lipinski definition) is 2. The van der Waals surface area contributed by atoms with Gasteiger partial charge in [0.05, 0.1) is 0 Å². The zero-order valence-corrected chi connectivity index (χ0v) is 7.64. The zero-order chi connectivity index (χ0) is 10.6. The predicted octanol–water partition coefficient (Wildman–Crippen LogP) is 0.741. The molecule has 0 saturated carbocycles. The summed E-state index contributed by atoms with van der Waals surface area (Å²) in [6.45, 7) is 0. The highest BCUT2D eigenvalue weighted by atomic mass is 32.2. The van der Waals surface area contributed by atoms with E-state index in [1.54, 1.807) is 4.72 Å². The highest BCUT2D eigenvalue weighted by Crippen LogP contribution is 2.07. The molecule has 2 amide bonds. The minimum atomic E-state index is -2.66. The molecule has 1 rings (SSSR count). The lowest BCUT2D eigenvalue weighted by molar-refractivity contribution is 0.256. The van der Waals surface area contributed by atoms with Crippen LogP contribution in [0.3, 0.4) is 0 Å². The summed E-state index contributed by atoms with van der Waals surface area (Å²) < 4.78 is 34.0. The van der Waals surface area contributed by atoms with Crippen molar-refractivity contribution in [2.24, 2.45) is 0 Å². The summed E-state index contributed by atoms with van der Waals surface area (Å²) in [5.74, 6) is -0.441. The second-order valence-corrected chi connectivity index (χ2v) is 2.97. The first-order valence-corrected chi connectivity index (χ1v) is 4.58. The molecule has 0 aromatic heterocycles. The van der Waals surface area contributed by atoms with Gasteiger partial charge in [-0.1, -0.05) is 0 Å². The Kier molecular flexibility index (Phi) is 3.55. The standard InChI is InChI=1S/C7H7FN2O3S/c8-5-1-3-6(4-2-5)9-7(11)10-14(12)13/h1-4H,(H,12,13)(H2,9,10,11)/p-1. The van der Waals surface area contributed by atoms with Crippen molar-refractivity contribution in [3.63, 3.8) is 0 Å². The number of halogens is 1. The molecule has 1 unspecified atom stereocenters. The van der Waals surface area contributed by atoms with Gasteiger partial charge in [0.2, 0.25) is 0 Å². The molecule has 1 atom stereocenters. The average Bonchev–Trinajstić information content (AvgIpc) is 2.07. The summed E-state index contributed by atoms with van der Waals surface area (Å²) in [6.07, 6.45) is 0. The van der Waals surface area contributed by atoms with E-state index in [1.165, 1.54) is 12.1 Å².